The van der Waals surface area contributed by atoms with Gasteiger partial charge in [0, 0.05) is 37.4 Å². The van der Waals surface area contributed by atoms with Gasteiger partial charge < -0.3 is 10.2 Å². The van der Waals surface area contributed by atoms with E-state index in [2.05, 4.69) is 45.5 Å². The third kappa shape index (κ3) is 2.73. The van der Waals surface area contributed by atoms with E-state index < -0.39 is 0 Å². The van der Waals surface area contributed by atoms with Crippen molar-refractivity contribution >= 4 is 5.91 Å². The number of carbonyl (C=O) groups is 1. The van der Waals surface area contributed by atoms with Gasteiger partial charge in [-0.05, 0) is 54.4 Å². The van der Waals surface area contributed by atoms with Gasteiger partial charge >= 0.3 is 0 Å². The summed E-state index contributed by atoms with van der Waals surface area (Å²) in [5.74, 6) is 0.969. The molecule has 1 saturated carbocycles. The highest BCUT2D eigenvalue weighted by Crippen LogP contribution is 2.39. The van der Waals surface area contributed by atoms with Crippen LogP contribution in [0, 0.1) is 5.92 Å². The third-order valence-electron chi connectivity index (χ3n) is 6.49. The maximum absolute atomic E-state index is 13.3. The highest BCUT2D eigenvalue weighted by molar-refractivity contribution is 5.78. The first-order chi connectivity index (χ1) is 12.8. The minimum absolute atomic E-state index is 0.0141. The molecular formula is C22H25N3O. The van der Waals surface area contributed by atoms with Crippen LogP contribution in [0.25, 0.3) is 0 Å². The van der Waals surface area contributed by atoms with E-state index in [0.29, 0.717) is 24.4 Å². The number of fused-ring (bicyclic) bond motifs is 3. The Morgan fingerprint density at radius 1 is 1.19 bits per heavy atom. The topological polar surface area (TPSA) is 45.2 Å². The van der Waals surface area contributed by atoms with E-state index in [1.807, 2.05) is 12.3 Å². The zero-order valence-corrected chi connectivity index (χ0v) is 15.0. The monoisotopic (exact) mass is 347 g/mol. The zero-order chi connectivity index (χ0) is 17.5. The Balaban J connectivity index is 1.44. The van der Waals surface area contributed by atoms with Crippen LogP contribution in [0.3, 0.4) is 0 Å². The van der Waals surface area contributed by atoms with Crippen LogP contribution in [0.15, 0.2) is 48.8 Å². The molecule has 1 N–H and O–H groups in total. The number of hydrogen-bond donors (Lipinski definition) is 1. The molecule has 134 valence electrons. The molecule has 2 bridgehead atoms. The van der Waals surface area contributed by atoms with Crippen LogP contribution in [0.2, 0.25) is 0 Å². The second kappa shape index (κ2) is 6.51. The average molecular weight is 347 g/mol. The molecule has 1 aromatic carbocycles. The minimum Gasteiger partial charge on any atom is -0.331 e. The van der Waals surface area contributed by atoms with Crippen LogP contribution >= 0.6 is 0 Å². The number of amides is 1. The number of hydrogen-bond acceptors (Lipinski definition) is 3. The first-order valence-corrected chi connectivity index (χ1v) is 9.83. The van der Waals surface area contributed by atoms with Gasteiger partial charge in [0.1, 0.15) is 0 Å². The molecular weight excluding hydrogens is 322 g/mol. The van der Waals surface area contributed by atoms with E-state index in [-0.39, 0.29) is 11.9 Å². The van der Waals surface area contributed by atoms with Gasteiger partial charge in [0.2, 0.25) is 5.91 Å². The van der Waals surface area contributed by atoms with Gasteiger partial charge in [-0.1, -0.05) is 30.3 Å². The average Bonchev–Trinajstić information content (AvgIpc) is 3.31. The van der Waals surface area contributed by atoms with Crippen LogP contribution in [0.4, 0.5) is 0 Å². The molecule has 3 aliphatic rings. The molecule has 1 aliphatic carbocycles. The number of nitrogens with zero attached hydrogens (tertiary/aromatic N) is 2. The fourth-order valence-electron chi connectivity index (χ4n) is 5.24. The minimum atomic E-state index is -0.0141. The van der Waals surface area contributed by atoms with Crippen molar-refractivity contribution in [3.05, 3.63) is 65.5 Å². The third-order valence-corrected chi connectivity index (χ3v) is 6.49. The summed E-state index contributed by atoms with van der Waals surface area (Å²) >= 11 is 0. The molecule has 4 atom stereocenters. The molecule has 1 unspecified atom stereocenters. The summed E-state index contributed by atoms with van der Waals surface area (Å²) in [5.41, 5.74) is 3.71. The van der Waals surface area contributed by atoms with Gasteiger partial charge in [0.05, 0.1) is 6.04 Å². The van der Waals surface area contributed by atoms with E-state index in [4.69, 9.17) is 0 Å². The van der Waals surface area contributed by atoms with Gasteiger partial charge in [-0.3, -0.25) is 9.78 Å². The molecule has 3 heterocycles. The number of pyridine rings is 1. The van der Waals surface area contributed by atoms with Crippen LogP contribution in [0.1, 0.15) is 48.4 Å². The summed E-state index contributed by atoms with van der Waals surface area (Å²) < 4.78 is 0. The molecule has 1 aromatic heterocycles. The number of benzene rings is 1. The lowest BCUT2D eigenvalue weighted by atomic mass is 9.88. The number of nitrogens with one attached hydrogen (secondary N) is 1. The Morgan fingerprint density at radius 3 is 2.88 bits per heavy atom. The van der Waals surface area contributed by atoms with Crippen molar-refractivity contribution in [3.63, 3.8) is 0 Å². The van der Waals surface area contributed by atoms with Gasteiger partial charge in [-0.25, -0.2) is 0 Å². The summed E-state index contributed by atoms with van der Waals surface area (Å²) in [6.45, 7) is 0.788. The molecule has 1 saturated heterocycles. The molecule has 5 rings (SSSR count). The first-order valence-electron chi connectivity index (χ1n) is 9.83. The molecule has 0 spiro atoms. The largest absolute Gasteiger partial charge is 0.331 e. The van der Waals surface area contributed by atoms with Crippen molar-refractivity contribution in [2.45, 2.75) is 50.2 Å². The maximum Gasteiger partial charge on any atom is 0.224 e. The van der Waals surface area contributed by atoms with Crippen LogP contribution in [0.5, 0.6) is 0 Å². The molecule has 4 heteroatoms. The standard InChI is InChI=1S/C22H25N3O/c26-21(13-20-16-7-8-18(12-16)24-20)25-11-9-15-4-1-2-6-19(15)22(25)17-5-3-10-23-14-17/h1-6,10,14,16,18,20,22,24H,7-9,11-13H2/t16-,18+,20+,22?/m0/s1. The smallest absolute Gasteiger partial charge is 0.224 e. The Kier molecular flexibility index (Phi) is 4.01. The summed E-state index contributed by atoms with van der Waals surface area (Å²) in [4.78, 5) is 19.7. The maximum atomic E-state index is 13.3. The van der Waals surface area contributed by atoms with Gasteiger partial charge in [-0.2, -0.15) is 0 Å². The van der Waals surface area contributed by atoms with Crippen LogP contribution in [-0.2, 0) is 11.2 Å². The summed E-state index contributed by atoms with van der Waals surface area (Å²) in [5, 5.41) is 3.67. The molecule has 1 amide bonds. The van der Waals surface area contributed by atoms with Crippen molar-refractivity contribution in [3.8, 4) is 0 Å². The summed E-state index contributed by atoms with van der Waals surface area (Å²) in [7, 11) is 0. The van der Waals surface area contributed by atoms with Crippen molar-refractivity contribution in [1.82, 2.24) is 15.2 Å². The number of aromatic nitrogens is 1. The van der Waals surface area contributed by atoms with Crippen molar-refractivity contribution < 1.29 is 4.79 Å². The van der Waals surface area contributed by atoms with E-state index >= 15 is 0 Å². The number of piperidine rings is 1. The van der Waals surface area contributed by atoms with E-state index in [9.17, 15) is 4.79 Å². The molecule has 26 heavy (non-hydrogen) atoms. The molecule has 2 fully saturated rings. The summed E-state index contributed by atoms with van der Waals surface area (Å²) in [6, 6.07) is 13.6. The molecule has 2 aliphatic heterocycles. The lowest BCUT2D eigenvalue weighted by Crippen LogP contribution is -2.45. The van der Waals surface area contributed by atoms with Crippen LogP contribution < -0.4 is 5.32 Å². The SMILES string of the molecule is O=C(C[C@H]1N[C@@H]2CC[C@H]1C2)N1CCc2ccccc2C1c1cccnc1. The fourth-order valence-corrected chi connectivity index (χ4v) is 5.24. The normalized spacial score (nSPS) is 29.6. The molecule has 4 nitrogen and oxygen atoms in total. The van der Waals surface area contributed by atoms with Crippen molar-refractivity contribution in [2.75, 3.05) is 6.54 Å². The lowest BCUT2D eigenvalue weighted by molar-refractivity contribution is -0.134. The van der Waals surface area contributed by atoms with Gasteiger partial charge in [0.15, 0.2) is 0 Å². The predicted octanol–water partition coefficient (Wildman–Crippen LogP) is 3.09. The Hall–Kier alpha value is -2.20. The second-order valence-electron chi connectivity index (χ2n) is 7.97. The Labute approximate surface area is 154 Å². The highest BCUT2D eigenvalue weighted by Gasteiger charge is 2.41. The summed E-state index contributed by atoms with van der Waals surface area (Å²) in [6.07, 6.45) is 9.08. The number of carbonyl (C=O) groups excluding carboxylic acids is 1. The van der Waals surface area contributed by atoms with E-state index in [0.717, 1.165) is 18.5 Å². The predicted molar refractivity (Wildman–Crippen MR) is 101 cm³/mol. The fraction of sp³-hybridized carbons (Fsp3) is 0.455. The Bertz CT molecular complexity index is 806. The van der Waals surface area contributed by atoms with E-state index in [1.54, 1.807) is 6.20 Å². The highest BCUT2D eigenvalue weighted by atomic mass is 16.2. The lowest BCUT2D eigenvalue weighted by Gasteiger charge is -2.38. The Morgan fingerprint density at radius 2 is 2.12 bits per heavy atom. The quantitative estimate of drug-likeness (QED) is 0.928. The first kappa shape index (κ1) is 16.0. The molecule has 2 aromatic rings. The van der Waals surface area contributed by atoms with Gasteiger partial charge in [-0.15, -0.1) is 0 Å². The van der Waals surface area contributed by atoms with Crippen molar-refractivity contribution in [2.24, 2.45) is 5.92 Å². The van der Waals surface area contributed by atoms with E-state index in [1.165, 1.54) is 30.4 Å². The van der Waals surface area contributed by atoms with Gasteiger partial charge in [0.25, 0.3) is 0 Å². The zero-order valence-electron chi connectivity index (χ0n) is 15.0. The second-order valence-corrected chi connectivity index (χ2v) is 7.97. The molecule has 0 radical (unpaired) electrons. The number of rotatable bonds is 3. The van der Waals surface area contributed by atoms with Crippen molar-refractivity contribution in [1.29, 1.82) is 0 Å². The van der Waals surface area contributed by atoms with Crippen LogP contribution in [-0.4, -0.2) is 34.4 Å².